The van der Waals surface area contributed by atoms with Crippen LogP contribution in [0, 0.1) is 5.82 Å². The van der Waals surface area contributed by atoms with Crippen LogP contribution in [0.5, 0.6) is 0 Å². The molecule has 2 N–H and O–H groups in total. The van der Waals surface area contributed by atoms with Crippen LogP contribution in [0.2, 0.25) is 0 Å². The van der Waals surface area contributed by atoms with E-state index in [-0.39, 0.29) is 17.1 Å². The van der Waals surface area contributed by atoms with Gasteiger partial charge in [-0.05, 0) is 41.3 Å². The minimum atomic E-state index is -0.293. The summed E-state index contributed by atoms with van der Waals surface area (Å²) in [5, 5.41) is 5.98. The molecule has 0 fully saturated rings. The van der Waals surface area contributed by atoms with Gasteiger partial charge in [-0.1, -0.05) is 51.1 Å². The quantitative estimate of drug-likeness (QED) is 0.627. The number of hydrogen-bond donors (Lipinski definition) is 2. The van der Waals surface area contributed by atoms with E-state index in [0.29, 0.717) is 29.2 Å². The first-order valence-electron chi connectivity index (χ1n) is 9.18. The Morgan fingerprint density at radius 1 is 1.00 bits per heavy atom. The Bertz CT molecular complexity index is 962. The molecule has 3 rings (SSSR count). The van der Waals surface area contributed by atoms with Gasteiger partial charge in [0.25, 0.3) is 5.91 Å². The van der Waals surface area contributed by atoms with E-state index in [9.17, 15) is 9.18 Å². The lowest BCUT2D eigenvalue weighted by atomic mass is 9.87. The summed E-state index contributed by atoms with van der Waals surface area (Å²) in [6.07, 6.45) is 1.56. The molecule has 3 aromatic rings. The molecule has 0 aliphatic heterocycles. The number of hydrogen-bond acceptors (Lipinski definition) is 3. The Kier molecular flexibility index (Phi) is 5.73. The maximum atomic E-state index is 13.7. The van der Waals surface area contributed by atoms with Crippen LogP contribution in [0.15, 0.2) is 66.9 Å². The fourth-order valence-corrected chi connectivity index (χ4v) is 2.75. The zero-order valence-electron chi connectivity index (χ0n) is 16.3. The van der Waals surface area contributed by atoms with Crippen molar-refractivity contribution in [2.24, 2.45) is 0 Å². The molecule has 1 aromatic heterocycles. The van der Waals surface area contributed by atoms with E-state index in [1.54, 1.807) is 36.5 Å². The fourth-order valence-electron chi connectivity index (χ4n) is 2.75. The van der Waals surface area contributed by atoms with E-state index in [0.717, 1.165) is 0 Å². The van der Waals surface area contributed by atoms with Gasteiger partial charge < -0.3 is 10.6 Å². The number of pyridine rings is 1. The molecule has 2 aromatic carbocycles. The van der Waals surface area contributed by atoms with Gasteiger partial charge in [0.1, 0.15) is 11.5 Å². The molecule has 144 valence electrons. The minimum Gasteiger partial charge on any atom is -0.381 e. The van der Waals surface area contributed by atoms with E-state index in [4.69, 9.17) is 0 Å². The number of nitrogens with zero attached hydrogens (tertiary/aromatic N) is 1. The average Bonchev–Trinajstić information content (AvgIpc) is 2.67. The van der Waals surface area contributed by atoms with Crippen LogP contribution in [0.3, 0.4) is 0 Å². The highest BCUT2D eigenvalue weighted by Gasteiger charge is 2.14. The molecular formula is C23H24FN3O. The summed E-state index contributed by atoms with van der Waals surface area (Å²) < 4.78 is 13.7. The molecule has 0 aliphatic carbocycles. The molecular weight excluding hydrogens is 353 g/mol. The highest BCUT2D eigenvalue weighted by Crippen LogP contribution is 2.23. The summed E-state index contributed by atoms with van der Waals surface area (Å²) in [5.41, 5.74) is 3.52. The van der Waals surface area contributed by atoms with Gasteiger partial charge in [-0.15, -0.1) is 0 Å². The highest BCUT2D eigenvalue weighted by molar-refractivity contribution is 6.03. The molecule has 1 heterocycles. The maximum absolute atomic E-state index is 13.7. The first-order valence-corrected chi connectivity index (χ1v) is 9.18. The SMILES string of the molecule is CC(C)(C)c1ccc(NC(=O)c2cc(NCc3ccccc3F)ccn2)cc1. The number of carbonyl (C=O) groups is 1. The van der Waals surface area contributed by atoms with Crippen molar-refractivity contribution in [2.75, 3.05) is 10.6 Å². The van der Waals surface area contributed by atoms with Gasteiger partial charge in [0.15, 0.2) is 0 Å². The first kappa shape index (κ1) is 19.5. The van der Waals surface area contributed by atoms with Crippen molar-refractivity contribution in [3.05, 3.63) is 89.5 Å². The van der Waals surface area contributed by atoms with Gasteiger partial charge in [0.2, 0.25) is 0 Å². The van der Waals surface area contributed by atoms with Crippen LogP contribution in [0.25, 0.3) is 0 Å². The Balaban J connectivity index is 1.66. The molecule has 0 saturated heterocycles. The second-order valence-electron chi connectivity index (χ2n) is 7.66. The van der Waals surface area contributed by atoms with Crippen LogP contribution in [-0.2, 0) is 12.0 Å². The summed E-state index contributed by atoms with van der Waals surface area (Å²) in [4.78, 5) is 16.7. The summed E-state index contributed by atoms with van der Waals surface area (Å²) in [6, 6.07) is 17.8. The summed E-state index contributed by atoms with van der Waals surface area (Å²) in [6.45, 7) is 6.75. The Hall–Kier alpha value is -3.21. The van der Waals surface area contributed by atoms with Crippen molar-refractivity contribution in [2.45, 2.75) is 32.7 Å². The molecule has 0 spiro atoms. The third-order valence-corrected chi connectivity index (χ3v) is 4.44. The van der Waals surface area contributed by atoms with Crippen molar-refractivity contribution in [1.29, 1.82) is 0 Å². The standard InChI is InChI=1S/C23H24FN3O/c1-23(2,3)17-8-10-18(11-9-17)27-22(28)21-14-19(12-13-25-21)26-15-16-6-4-5-7-20(16)24/h4-14H,15H2,1-3H3,(H,25,26)(H,27,28). The molecule has 0 saturated carbocycles. The molecule has 0 bridgehead atoms. The predicted octanol–water partition coefficient (Wildman–Crippen LogP) is 5.38. The monoisotopic (exact) mass is 377 g/mol. The summed E-state index contributed by atoms with van der Waals surface area (Å²) >= 11 is 0. The second kappa shape index (κ2) is 8.21. The van der Waals surface area contributed by atoms with Crippen LogP contribution >= 0.6 is 0 Å². The van der Waals surface area contributed by atoms with E-state index in [1.165, 1.54) is 11.6 Å². The van der Waals surface area contributed by atoms with Gasteiger partial charge in [-0.3, -0.25) is 9.78 Å². The molecule has 0 radical (unpaired) electrons. The lowest BCUT2D eigenvalue weighted by Crippen LogP contribution is -2.15. The molecule has 1 amide bonds. The number of halogens is 1. The lowest BCUT2D eigenvalue weighted by Gasteiger charge is -2.19. The number of amides is 1. The smallest absolute Gasteiger partial charge is 0.274 e. The summed E-state index contributed by atoms with van der Waals surface area (Å²) in [7, 11) is 0. The Labute approximate surface area is 164 Å². The number of benzene rings is 2. The number of anilines is 2. The number of rotatable bonds is 5. The van der Waals surface area contributed by atoms with Crippen LogP contribution < -0.4 is 10.6 Å². The number of carbonyl (C=O) groups excluding carboxylic acids is 1. The Morgan fingerprint density at radius 2 is 1.71 bits per heavy atom. The molecule has 4 nitrogen and oxygen atoms in total. The van der Waals surface area contributed by atoms with Crippen LogP contribution in [0.1, 0.15) is 42.4 Å². The largest absolute Gasteiger partial charge is 0.381 e. The number of aromatic nitrogens is 1. The number of nitrogens with one attached hydrogen (secondary N) is 2. The molecule has 0 unspecified atom stereocenters. The molecule has 28 heavy (non-hydrogen) atoms. The van der Waals surface area contributed by atoms with Gasteiger partial charge in [-0.2, -0.15) is 0 Å². The maximum Gasteiger partial charge on any atom is 0.274 e. The van der Waals surface area contributed by atoms with Gasteiger partial charge in [0.05, 0.1) is 0 Å². The molecule has 0 aliphatic rings. The lowest BCUT2D eigenvalue weighted by molar-refractivity contribution is 0.102. The van der Waals surface area contributed by atoms with Crippen molar-refractivity contribution in [1.82, 2.24) is 4.98 Å². The van der Waals surface area contributed by atoms with Crippen molar-refractivity contribution >= 4 is 17.3 Å². The third kappa shape index (κ3) is 4.94. The Morgan fingerprint density at radius 3 is 2.39 bits per heavy atom. The second-order valence-corrected chi connectivity index (χ2v) is 7.66. The van der Waals surface area contributed by atoms with Crippen LogP contribution in [-0.4, -0.2) is 10.9 Å². The zero-order chi connectivity index (χ0) is 20.1. The van der Waals surface area contributed by atoms with Crippen molar-refractivity contribution < 1.29 is 9.18 Å². The molecule has 5 heteroatoms. The normalized spacial score (nSPS) is 11.1. The van der Waals surface area contributed by atoms with Crippen molar-refractivity contribution in [3.63, 3.8) is 0 Å². The van der Waals surface area contributed by atoms with Crippen molar-refractivity contribution in [3.8, 4) is 0 Å². The topological polar surface area (TPSA) is 54.0 Å². The predicted molar refractivity (Wildman–Crippen MR) is 111 cm³/mol. The van der Waals surface area contributed by atoms with E-state index in [1.807, 2.05) is 24.3 Å². The van der Waals surface area contributed by atoms with Gasteiger partial charge in [0, 0.05) is 29.7 Å². The van der Waals surface area contributed by atoms with Gasteiger partial charge in [-0.25, -0.2) is 4.39 Å². The zero-order valence-corrected chi connectivity index (χ0v) is 16.3. The molecule has 0 atom stereocenters. The van der Waals surface area contributed by atoms with Crippen LogP contribution in [0.4, 0.5) is 15.8 Å². The average molecular weight is 377 g/mol. The van der Waals surface area contributed by atoms with E-state index >= 15 is 0 Å². The summed E-state index contributed by atoms with van der Waals surface area (Å²) in [5.74, 6) is -0.557. The minimum absolute atomic E-state index is 0.0579. The van der Waals surface area contributed by atoms with E-state index < -0.39 is 0 Å². The third-order valence-electron chi connectivity index (χ3n) is 4.44. The fraction of sp³-hybridized carbons (Fsp3) is 0.217. The first-order chi connectivity index (χ1) is 13.3. The van der Waals surface area contributed by atoms with E-state index in [2.05, 4.69) is 36.4 Å². The van der Waals surface area contributed by atoms with Gasteiger partial charge >= 0.3 is 0 Å². The highest BCUT2D eigenvalue weighted by atomic mass is 19.1.